The standard InChI is InChI=1S/C21H30O3/c1-4-20(23)10-7-15-14-11-17-21(24-17)12-13(22)5-8-19(21,3)16(14)6-9-18(15,20)2/h1,13-17,22-23H,5-12H2,2-3H3/t13-,14-,15-,16+,17+,18+,19-,20+,21+/m1/s1. The Morgan fingerprint density at radius 2 is 1.71 bits per heavy atom. The fourth-order valence-corrected chi connectivity index (χ4v) is 7.91. The van der Waals surface area contributed by atoms with Crippen LogP contribution < -0.4 is 0 Å². The van der Waals surface area contributed by atoms with Crippen LogP contribution in [-0.4, -0.2) is 33.6 Å². The molecule has 3 heteroatoms. The van der Waals surface area contributed by atoms with Gasteiger partial charge in [0.15, 0.2) is 0 Å². The molecule has 5 aliphatic rings. The topological polar surface area (TPSA) is 53.0 Å². The van der Waals surface area contributed by atoms with Gasteiger partial charge in [-0.3, -0.25) is 0 Å². The Hall–Kier alpha value is -0.560. The third-order valence-corrected chi connectivity index (χ3v) is 9.45. The SMILES string of the molecule is C#C[C@]1(O)CC[C@@H]2[C@H]3C[C@@H]4O[C@@]45C[C@H](O)CC[C@]5(C)[C@H]3CC[C@@]21C. The Morgan fingerprint density at radius 3 is 2.46 bits per heavy atom. The summed E-state index contributed by atoms with van der Waals surface area (Å²) < 4.78 is 6.33. The highest BCUT2D eigenvalue weighted by molar-refractivity contribution is 5.28. The molecule has 0 aromatic heterocycles. The Labute approximate surface area is 145 Å². The number of epoxide rings is 1. The van der Waals surface area contributed by atoms with Crippen LogP contribution in [0.15, 0.2) is 0 Å². The van der Waals surface area contributed by atoms with Gasteiger partial charge in [-0.2, -0.15) is 0 Å². The van der Waals surface area contributed by atoms with E-state index in [2.05, 4.69) is 19.8 Å². The monoisotopic (exact) mass is 330 g/mol. The zero-order valence-electron chi connectivity index (χ0n) is 14.9. The molecule has 2 N–H and O–H groups in total. The number of rotatable bonds is 0. The molecule has 132 valence electrons. The lowest BCUT2D eigenvalue weighted by Gasteiger charge is -2.59. The Balaban J connectivity index is 1.52. The Bertz CT molecular complexity index is 625. The normalized spacial score (nSPS) is 64.2. The van der Waals surface area contributed by atoms with Gasteiger partial charge in [0.1, 0.15) is 11.2 Å². The van der Waals surface area contributed by atoms with Crippen molar-refractivity contribution in [2.45, 2.75) is 88.6 Å². The molecule has 1 saturated heterocycles. The van der Waals surface area contributed by atoms with Crippen LogP contribution in [0.4, 0.5) is 0 Å². The molecule has 5 fully saturated rings. The lowest BCUT2D eigenvalue weighted by Crippen LogP contribution is -2.60. The van der Waals surface area contributed by atoms with Gasteiger partial charge in [-0.1, -0.05) is 19.8 Å². The van der Waals surface area contributed by atoms with Crippen molar-refractivity contribution in [1.82, 2.24) is 0 Å². The zero-order valence-corrected chi connectivity index (χ0v) is 14.9. The van der Waals surface area contributed by atoms with E-state index < -0.39 is 5.60 Å². The van der Waals surface area contributed by atoms with E-state index in [0.717, 1.165) is 51.4 Å². The Morgan fingerprint density at radius 1 is 1.04 bits per heavy atom. The highest BCUT2D eigenvalue weighted by atomic mass is 16.6. The summed E-state index contributed by atoms with van der Waals surface area (Å²) in [5.74, 6) is 4.55. The minimum atomic E-state index is -0.925. The highest BCUT2D eigenvalue weighted by Crippen LogP contribution is 2.74. The van der Waals surface area contributed by atoms with Crippen LogP contribution in [0.25, 0.3) is 0 Å². The smallest absolute Gasteiger partial charge is 0.130 e. The number of aliphatic hydroxyl groups excluding tert-OH is 1. The van der Waals surface area contributed by atoms with E-state index in [-0.39, 0.29) is 22.5 Å². The summed E-state index contributed by atoms with van der Waals surface area (Å²) in [5, 5.41) is 21.3. The van der Waals surface area contributed by atoms with Crippen LogP contribution in [0.2, 0.25) is 0 Å². The summed E-state index contributed by atoms with van der Waals surface area (Å²) in [6, 6.07) is 0. The zero-order chi connectivity index (χ0) is 17.0. The lowest BCUT2D eigenvalue weighted by molar-refractivity contribution is -0.133. The van der Waals surface area contributed by atoms with Crippen LogP contribution in [0.1, 0.15) is 65.2 Å². The van der Waals surface area contributed by atoms with Gasteiger partial charge in [-0.05, 0) is 62.7 Å². The molecule has 0 unspecified atom stereocenters. The van der Waals surface area contributed by atoms with E-state index in [1.54, 1.807) is 0 Å². The molecule has 3 nitrogen and oxygen atoms in total. The second kappa shape index (κ2) is 4.40. The molecule has 0 aromatic rings. The fraction of sp³-hybridized carbons (Fsp3) is 0.905. The first kappa shape index (κ1) is 15.7. The number of aliphatic hydroxyl groups is 2. The largest absolute Gasteiger partial charge is 0.393 e. The van der Waals surface area contributed by atoms with Gasteiger partial charge >= 0.3 is 0 Å². The molecule has 9 atom stereocenters. The number of terminal acetylenes is 1. The van der Waals surface area contributed by atoms with Crippen LogP contribution in [0.3, 0.4) is 0 Å². The van der Waals surface area contributed by atoms with Gasteiger partial charge in [-0.15, -0.1) is 6.42 Å². The second-order valence-electron chi connectivity index (χ2n) is 9.92. The first-order valence-corrected chi connectivity index (χ1v) is 9.86. The maximum atomic E-state index is 11.1. The average molecular weight is 330 g/mol. The number of hydrogen-bond acceptors (Lipinski definition) is 3. The summed E-state index contributed by atoms with van der Waals surface area (Å²) >= 11 is 0. The van der Waals surface area contributed by atoms with Crippen molar-refractivity contribution < 1.29 is 14.9 Å². The Kier molecular flexibility index (Phi) is 2.87. The molecule has 4 saturated carbocycles. The van der Waals surface area contributed by atoms with E-state index in [0.29, 0.717) is 23.9 Å². The van der Waals surface area contributed by atoms with E-state index in [4.69, 9.17) is 11.2 Å². The predicted molar refractivity (Wildman–Crippen MR) is 91.0 cm³/mol. The minimum Gasteiger partial charge on any atom is -0.393 e. The predicted octanol–water partition coefficient (Wildman–Crippen LogP) is 2.89. The van der Waals surface area contributed by atoms with Gasteiger partial charge in [-0.25, -0.2) is 0 Å². The third-order valence-electron chi connectivity index (χ3n) is 9.45. The summed E-state index contributed by atoms with van der Waals surface area (Å²) in [5.41, 5.74) is -0.924. The van der Waals surface area contributed by atoms with Crippen molar-refractivity contribution in [3.8, 4) is 12.3 Å². The third kappa shape index (κ3) is 1.53. The number of ether oxygens (including phenoxy) is 1. The highest BCUT2D eigenvalue weighted by Gasteiger charge is 2.76. The molecule has 0 aromatic carbocycles. The molecule has 0 amide bonds. The second-order valence-corrected chi connectivity index (χ2v) is 9.92. The maximum absolute atomic E-state index is 11.1. The number of hydrogen-bond donors (Lipinski definition) is 2. The number of fused-ring (bicyclic) bond motifs is 4. The average Bonchev–Trinajstić information content (AvgIpc) is 3.17. The van der Waals surface area contributed by atoms with Crippen molar-refractivity contribution in [2.75, 3.05) is 0 Å². The van der Waals surface area contributed by atoms with E-state index >= 15 is 0 Å². The van der Waals surface area contributed by atoms with Crippen LogP contribution in [0.5, 0.6) is 0 Å². The summed E-state index contributed by atoms with van der Waals surface area (Å²) in [6.45, 7) is 4.67. The van der Waals surface area contributed by atoms with Crippen molar-refractivity contribution in [3.05, 3.63) is 0 Å². The summed E-state index contributed by atoms with van der Waals surface area (Å²) in [4.78, 5) is 0. The molecule has 0 bridgehead atoms. The van der Waals surface area contributed by atoms with Gasteiger partial charge in [0.25, 0.3) is 0 Å². The molecule has 1 spiro atoms. The van der Waals surface area contributed by atoms with Crippen LogP contribution in [0, 0.1) is 40.9 Å². The summed E-state index contributed by atoms with van der Waals surface area (Å²) in [6.07, 6.45) is 13.8. The molecule has 0 radical (unpaired) electrons. The van der Waals surface area contributed by atoms with E-state index in [1.807, 2.05) is 0 Å². The molecular weight excluding hydrogens is 300 g/mol. The van der Waals surface area contributed by atoms with Crippen LogP contribution >= 0.6 is 0 Å². The van der Waals surface area contributed by atoms with Gasteiger partial charge in [0.05, 0.1) is 12.2 Å². The molecule has 4 aliphatic carbocycles. The molecule has 1 heterocycles. The van der Waals surface area contributed by atoms with Gasteiger partial charge in [0, 0.05) is 17.3 Å². The lowest BCUT2D eigenvalue weighted by atomic mass is 9.44. The van der Waals surface area contributed by atoms with Crippen molar-refractivity contribution in [2.24, 2.45) is 28.6 Å². The van der Waals surface area contributed by atoms with Crippen molar-refractivity contribution >= 4 is 0 Å². The minimum absolute atomic E-state index is 0.0550. The van der Waals surface area contributed by atoms with Crippen molar-refractivity contribution in [3.63, 3.8) is 0 Å². The summed E-state index contributed by atoms with van der Waals surface area (Å²) in [7, 11) is 0. The molecule has 24 heavy (non-hydrogen) atoms. The molecule has 1 aliphatic heterocycles. The first-order chi connectivity index (χ1) is 11.3. The van der Waals surface area contributed by atoms with Gasteiger partial charge < -0.3 is 14.9 Å². The van der Waals surface area contributed by atoms with E-state index in [1.165, 1.54) is 0 Å². The quantitative estimate of drug-likeness (QED) is 0.530. The van der Waals surface area contributed by atoms with Gasteiger partial charge in [0.2, 0.25) is 0 Å². The maximum Gasteiger partial charge on any atom is 0.130 e. The van der Waals surface area contributed by atoms with Crippen LogP contribution in [-0.2, 0) is 4.74 Å². The first-order valence-electron chi connectivity index (χ1n) is 9.86. The molecular formula is C21H30O3. The van der Waals surface area contributed by atoms with E-state index in [9.17, 15) is 10.2 Å². The fourth-order valence-electron chi connectivity index (χ4n) is 7.91. The molecule has 5 rings (SSSR count). The van der Waals surface area contributed by atoms with Crippen molar-refractivity contribution in [1.29, 1.82) is 0 Å².